The van der Waals surface area contributed by atoms with Gasteiger partial charge in [-0.2, -0.15) is 0 Å². The number of rotatable bonds is 12. The minimum Gasteiger partial charge on any atom is -0.454 e. The number of ether oxygens (including phenoxy) is 2. The predicted molar refractivity (Wildman–Crippen MR) is 127 cm³/mol. The fraction of sp³-hybridized carbons (Fsp3) is 0.385. The molecule has 0 fully saturated rings. The zero-order chi connectivity index (χ0) is 24.9. The third kappa shape index (κ3) is 9.05. The lowest BCUT2D eigenvalue weighted by atomic mass is 9.99. The van der Waals surface area contributed by atoms with Gasteiger partial charge in [-0.15, -0.1) is 0 Å². The Morgan fingerprint density at radius 1 is 0.853 bits per heavy atom. The minimum atomic E-state index is -0.978. The molecule has 0 bridgehead atoms. The summed E-state index contributed by atoms with van der Waals surface area (Å²) in [6.07, 6.45) is 0.171. The Kier molecular flexibility index (Phi) is 10.8. The van der Waals surface area contributed by atoms with Gasteiger partial charge in [0, 0.05) is 0 Å². The second-order valence-corrected chi connectivity index (χ2v) is 8.10. The molecule has 0 saturated carbocycles. The van der Waals surface area contributed by atoms with Crippen LogP contribution in [0, 0.1) is 5.92 Å². The van der Waals surface area contributed by atoms with Gasteiger partial charge < -0.3 is 20.1 Å². The first-order valence-corrected chi connectivity index (χ1v) is 11.3. The Hall–Kier alpha value is -3.68. The predicted octanol–water partition coefficient (Wildman–Crippen LogP) is 3.19. The maximum Gasteiger partial charge on any atom is 0.408 e. The highest BCUT2D eigenvalue weighted by molar-refractivity contribution is 5.89. The maximum absolute atomic E-state index is 12.6. The minimum absolute atomic E-state index is 0.0607. The average Bonchev–Trinajstić information content (AvgIpc) is 2.85. The number of esters is 1. The first-order chi connectivity index (χ1) is 16.3. The van der Waals surface area contributed by atoms with Crippen LogP contribution in [-0.4, -0.2) is 42.4 Å². The Labute approximate surface area is 200 Å². The van der Waals surface area contributed by atoms with E-state index in [0.717, 1.165) is 11.1 Å². The summed E-state index contributed by atoms with van der Waals surface area (Å²) in [6, 6.07) is 16.7. The monoisotopic (exact) mass is 468 g/mol. The van der Waals surface area contributed by atoms with E-state index in [1.807, 2.05) is 67.6 Å². The highest BCUT2D eigenvalue weighted by Crippen LogP contribution is 2.11. The standard InChI is InChI=1S/C26H32N2O6/c1-4-18(2)24(28-26(32)34-16-21-13-9-6-10-14-21)25(31)33-17-23(30)27-22(19(3)29)15-20-11-7-5-8-12-20/h5-14,18,22,24H,4,15-17H2,1-3H3,(H,27,30)(H,28,32). The van der Waals surface area contributed by atoms with Crippen LogP contribution in [0.1, 0.15) is 38.3 Å². The molecular weight excluding hydrogens is 436 g/mol. The third-order valence-corrected chi connectivity index (χ3v) is 5.41. The van der Waals surface area contributed by atoms with Crippen molar-refractivity contribution < 1.29 is 28.7 Å². The lowest BCUT2D eigenvalue weighted by molar-refractivity contribution is -0.152. The molecular formula is C26H32N2O6. The van der Waals surface area contributed by atoms with Crippen LogP contribution in [0.4, 0.5) is 4.79 Å². The maximum atomic E-state index is 12.6. The zero-order valence-corrected chi connectivity index (χ0v) is 19.8. The van der Waals surface area contributed by atoms with Crippen LogP contribution in [-0.2, 0) is 36.9 Å². The second kappa shape index (κ2) is 13.8. The summed E-state index contributed by atoms with van der Waals surface area (Å²) in [5.74, 6) is -1.80. The highest BCUT2D eigenvalue weighted by Gasteiger charge is 2.29. The molecule has 0 heterocycles. The molecule has 2 N–H and O–H groups in total. The van der Waals surface area contributed by atoms with Crippen molar-refractivity contribution in [2.24, 2.45) is 5.92 Å². The molecule has 8 nitrogen and oxygen atoms in total. The summed E-state index contributed by atoms with van der Waals surface area (Å²) in [5, 5.41) is 5.14. The molecule has 2 aromatic rings. The fourth-order valence-corrected chi connectivity index (χ4v) is 3.17. The van der Waals surface area contributed by atoms with Crippen molar-refractivity contribution >= 4 is 23.8 Å². The molecule has 3 unspecified atom stereocenters. The van der Waals surface area contributed by atoms with Crippen LogP contribution in [0.15, 0.2) is 60.7 Å². The van der Waals surface area contributed by atoms with Crippen molar-refractivity contribution in [1.29, 1.82) is 0 Å². The number of alkyl carbamates (subject to hydrolysis) is 1. The van der Waals surface area contributed by atoms with Crippen molar-refractivity contribution in [1.82, 2.24) is 10.6 Å². The Bertz CT molecular complexity index is 948. The number of nitrogens with one attached hydrogen (secondary N) is 2. The van der Waals surface area contributed by atoms with Crippen molar-refractivity contribution in [2.75, 3.05) is 6.61 Å². The highest BCUT2D eigenvalue weighted by atomic mass is 16.6. The van der Waals surface area contributed by atoms with E-state index in [4.69, 9.17) is 9.47 Å². The zero-order valence-electron chi connectivity index (χ0n) is 19.8. The van der Waals surface area contributed by atoms with Crippen molar-refractivity contribution in [2.45, 2.75) is 52.3 Å². The summed E-state index contributed by atoms with van der Waals surface area (Å²) in [6.45, 7) is 4.55. The molecule has 0 radical (unpaired) electrons. The topological polar surface area (TPSA) is 111 Å². The average molecular weight is 469 g/mol. The second-order valence-electron chi connectivity index (χ2n) is 8.10. The first-order valence-electron chi connectivity index (χ1n) is 11.3. The van der Waals surface area contributed by atoms with Gasteiger partial charge >= 0.3 is 12.1 Å². The van der Waals surface area contributed by atoms with Gasteiger partial charge in [-0.25, -0.2) is 9.59 Å². The number of Topliss-reactive ketones (excluding diaryl/α,β-unsaturated/α-hetero) is 1. The van der Waals surface area contributed by atoms with E-state index in [9.17, 15) is 19.2 Å². The molecule has 0 aromatic heterocycles. The van der Waals surface area contributed by atoms with Gasteiger partial charge in [0.15, 0.2) is 12.4 Å². The molecule has 2 rings (SSSR count). The van der Waals surface area contributed by atoms with Crippen LogP contribution in [0.3, 0.4) is 0 Å². The van der Waals surface area contributed by atoms with E-state index in [0.29, 0.717) is 12.8 Å². The van der Waals surface area contributed by atoms with Crippen LogP contribution in [0.5, 0.6) is 0 Å². The number of carbonyl (C=O) groups excluding carboxylic acids is 4. The van der Waals surface area contributed by atoms with E-state index in [1.54, 1.807) is 6.92 Å². The molecule has 0 aliphatic carbocycles. The molecule has 2 aromatic carbocycles. The number of carbonyl (C=O) groups is 4. The SMILES string of the molecule is CCC(C)C(NC(=O)OCc1ccccc1)C(=O)OCC(=O)NC(Cc1ccccc1)C(C)=O. The van der Waals surface area contributed by atoms with Gasteiger partial charge in [0.2, 0.25) is 0 Å². The largest absolute Gasteiger partial charge is 0.454 e. The summed E-state index contributed by atoms with van der Waals surface area (Å²) >= 11 is 0. The molecule has 0 saturated heterocycles. The summed E-state index contributed by atoms with van der Waals surface area (Å²) in [7, 11) is 0. The van der Waals surface area contributed by atoms with E-state index in [-0.39, 0.29) is 18.3 Å². The van der Waals surface area contributed by atoms with Gasteiger partial charge in [0.25, 0.3) is 5.91 Å². The summed E-state index contributed by atoms with van der Waals surface area (Å²) in [5.41, 5.74) is 1.71. The van der Waals surface area contributed by atoms with Gasteiger partial charge in [-0.3, -0.25) is 9.59 Å². The molecule has 0 aliphatic rings. The van der Waals surface area contributed by atoms with Gasteiger partial charge in [-0.05, 0) is 30.4 Å². The molecule has 0 aliphatic heterocycles. The Morgan fingerprint density at radius 3 is 2.00 bits per heavy atom. The van der Waals surface area contributed by atoms with Crippen LogP contribution in [0.2, 0.25) is 0 Å². The van der Waals surface area contributed by atoms with E-state index < -0.39 is 36.7 Å². The smallest absolute Gasteiger partial charge is 0.408 e. The molecule has 3 atom stereocenters. The van der Waals surface area contributed by atoms with Gasteiger partial charge in [0.05, 0.1) is 6.04 Å². The lowest BCUT2D eigenvalue weighted by Gasteiger charge is -2.22. The summed E-state index contributed by atoms with van der Waals surface area (Å²) < 4.78 is 10.3. The van der Waals surface area contributed by atoms with Gasteiger partial charge in [0.1, 0.15) is 12.6 Å². The van der Waals surface area contributed by atoms with E-state index >= 15 is 0 Å². The normalized spacial score (nSPS) is 13.1. The number of amides is 2. The van der Waals surface area contributed by atoms with E-state index in [1.165, 1.54) is 6.92 Å². The number of benzene rings is 2. The Morgan fingerprint density at radius 2 is 1.44 bits per heavy atom. The van der Waals surface area contributed by atoms with Crippen molar-refractivity contribution in [3.63, 3.8) is 0 Å². The quantitative estimate of drug-likeness (QED) is 0.463. The number of hydrogen-bond donors (Lipinski definition) is 2. The molecule has 182 valence electrons. The van der Waals surface area contributed by atoms with Crippen LogP contribution >= 0.6 is 0 Å². The molecule has 2 amide bonds. The van der Waals surface area contributed by atoms with Gasteiger partial charge in [-0.1, -0.05) is 80.9 Å². The summed E-state index contributed by atoms with van der Waals surface area (Å²) in [4.78, 5) is 49.2. The van der Waals surface area contributed by atoms with Crippen LogP contribution in [0.25, 0.3) is 0 Å². The molecule has 0 spiro atoms. The number of hydrogen-bond acceptors (Lipinski definition) is 6. The molecule has 8 heteroatoms. The third-order valence-electron chi connectivity index (χ3n) is 5.41. The lowest BCUT2D eigenvalue weighted by Crippen LogP contribution is -2.48. The van der Waals surface area contributed by atoms with E-state index in [2.05, 4.69) is 10.6 Å². The van der Waals surface area contributed by atoms with Crippen LogP contribution < -0.4 is 10.6 Å². The van der Waals surface area contributed by atoms with Crippen molar-refractivity contribution in [3.05, 3.63) is 71.8 Å². The Balaban J connectivity index is 1.88. The first kappa shape index (κ1) is 26.6. The van der Waals surface area contributed by atoms with Crippen molar-refractivity contribution in [3.8, 4) is 0 Å². The molecule has 34 heavy (non-hydrogen) atoms. The number of ketones is 1. The fourth-order valence-electron chi connectivity index (χ4n) is 3.17.